The van der Waals surface area contributed by atoms with E-state index in [1.165, 1.54) is 27.6 Å². The van der Waals surface area contributed by atoms with E-state index in [-0.39, 0.29) is 0 Å². The minimum absolute atomic E-state index is 0.393. The number of fused-ring (bicyclic) bond motifs is 2. The molecule has 2 aromatic rings. The maximum atomic E-state index is 6.11. The monoisotopic (exact) mass is 345 g/mol. The highest BCUT2D eigenvalue weighted by Gasteiger charge is 2.35. The Hall–Kier alpha value is -2.39. The first kappa shape index (κ1) is 16.1. The van der Waals surface area contributed by atoms with Gasteiger partial charge in [-0.1, -0.05) is 46.8 Å². The van der Waals surface area contributed by atoms with Crippen molar-refractivity contribution >= 4 is 26.1 Å². The lowest BCUT2D eigenvalue weighted by Crippen LogP contribution is -2.38. The van der Waals surface area contributed by atoms with E-state index in [0.717, 1.165) is 5.69 Å². The zero-order chi connectivity index (χ0) is 17.6. The van der Waals surface area contributed by atoms with Crippen LogP contribution in [0.5, 0.6) is 0 Å². The van der Waals surface area contributed by atoms with Gasteiger partial charge in [-0.15, -0.1) is 0 Å². The quantitative estimate of drug-likeness (QED) is 0.480. The Morgan fingerprint density at radius 3 is 2.60 bits per heavy atom. The number of hydrogen-bond donors (Lipinski definition) is 1. The van der Waals surface area contributed by atoms with Gasteiger partial charge in [-0.25, -0.2) is 4.58 Å². The Kier molecular flexibility index (Phi) is 3.96. The van der Waals surface area contributed by atoms with E-state index in [0.29, 0.717) is 11.8 Å². The molecule has 0 saturated heterocycles. The van der Waals surface area contributed by atoms with Gasteiger partial charge in [-0.2, -0.15) is 0 Å². The van der Waals surface area contributed by atoms with Crippen molar-refractivity contribution in [2.75, 3.05) is 19.8 Å². The molecular formula is C22H25N2Si+. The van der Waals surface area contributed by atoms with Crippen molar-refractivity contribution < 1.29 is 4.58 Å². The summed E-state index contributed by atoms with van der Waals surface area (Å²) in [6.45, 7) is 2.23. The molecule has 3 heteroatoms. The van der Waals surface area contributed by atoms with Gasteiger partial charge >= 0.3 is 0 Å². The molecule has 1 heterocycles. The van der Waals surface area contributed by atoms with E-state index in [2.05, 4.69) is 86.3 Å². The summed E-state index contributed by atoms with van der Waals surface area (Å²) in [7, 11) is 3.75. The normalized spacial score (nSPS) is 22.4. The van der Waals surface area contributed by atoms with Gasteiger partial charge in [0.2, 0.25) is 0 Å². The van der Waals surface area contributed by atoms with Crippen LogP contribution < -0.4 is 10.9 Å². The van der Waals surface area contributed by atoms with Gasteiger partial charge in [-0.05, 0) is 35.7 Å². The third kappa shape index (κ3) is 2.79. The second kappa shape index (κ2) is 6.16. The molecule has 0 fully saturated rings. The Morgan fingerprint density at radius 2 is 1.84 bits per heavy atom. The molecule has 2 atom stereocenters. The predicted octanol–water partition coefficient (Wildman–Crippen LogP) is 2.30. The Balaban J connectivity index is 1.93. The lowest BCUT2D eigenvalue weighted by Gasteiger charge is -2.36. The van der Waals surface area contributed by atoms with E-state index in [1.54, 1.807) is 5.20 Å². The lowest BCUT2D eigenvalue weighted by atomic mass is 9.76. The summed E-state index contributed by atoms with van der Waals surface area (Å²) >= 11 is 0. The van der Waals surface area contributed by atoms with E-state index in [9.17, 15) is 0 Å². The van der Waals surface area contributed by atoms with Crippen molar-refractivity contribution in [1.82, 2.24) is 0 Å². The van der Waals surface area contributed by atoms with Crippen LogP contribution in [0.3, 0.4) is 0 Å². The third-order valence-electron chi connectivity index (χ3n) is 5.53. The van der Waals surface area contributed by atoms with E-state index in [4.69, 9.17) is 5.73 Å². The van der Waals surface area contributed by atoms with Gasteiger partial charge in [0, 0.05) is 29.7 Å². The summed E-state index contributed by atoms with van der Waals surface area (Å²) in [6.07, 6.45) is 7.14. The fourth-order valence-electron chi connectivity index (χ4n) is 4.22. The number of anilines is 1. The fourth-order valence-corrected chi connectivity index (χ4v) is 6.46. The molecule has 0 amide bonds. The maximum absolute atomic E-state index is 6.11. The number of benzene rings is 2. The van der Waals surface area contributed by atoms with Gasteiger partial charge < -0.3 is 5.73 Å². The summed E-state index contributed by atoms with van der Waals surface area (Å²) in [5.74, 6) is 0.872. The average molecular weight is 346 g/mol. The lowest BCUT2D eigenvalue weighted by molar-refractivity contribution is -0.462. The van der Waals surface area contributed by atoms with E-state index >= 15 is 0 Å². The number of nitrogen functional groups attached to an aromatic ring is 1. The molecule has 0 bridgehead atoms. The Morgan fingerprint density at radius 1 is 1.04 bits per heavy atom. The molecule has 126 valence electrons. The fraction of sp³-hybridized carbons (Fsp3) is 0.227. The van der Waals surface area contributed by atoms with Crippen molar-refractivity contribution in [3.8, 4) is 0 Å². The summed E-state index contributed by atoms with van der Waals surface area (Å²) in [4.78, 5) is 0. The largest absolute Gasteiger partial charge is 0.399 e. The van der Waals surface area contributed by atoms with E-state index < -0.39 is 9.52 Å². The number of allylic oxidation sites excluding steroid dienone is 4. The zero-order valence-electron chi connectivity index (χ0n) is 15.2. The summed E-state index contributed by atoms with van der Waals surface area (Å²) < 4.78 is 2.20. The molecule has 2 nitrogen and oxygen atoms in total. The van der Waals surface area contributed by atoms with Crippen LogP contribution >= 0.6 is 0 Å². The Labute approximate surface area is 152 Å². The van der Waals surface area contributed by atoms with Crippen LogP contribution in [-0.2, 0) is 0 Å². The number of nitrogens with two attached hydrogens (primary N) is 1. The molecule has 0 spiro atoms. The number of hydrogen-bond acceptors (Lipinski definition) is 1. The van der Waals surface area contributed by atoms with Crippen molar-refractivity contribution in [2.45, 2.75) is 12.8 Å². The molecule has 25 heavy (non-hydrogen) atoms. The molecule has 1 aliphatic carbocycles. The van der Waals surface area contributed by atoms with Gasteiger partial charge in [-0.3, -0.25) is 0 Å². The average Bonchev–Trinajstić information content (AvgIpc) is 2.59. The topological polar surface area (TPSA) is 29.0 Å². The highest BCUT2D eigenvalue weighted by molar-refractivity contribution is 6.63. The summed E-state index contributed by atoms with van der Waals surface area (Å²) in [5.41, 5.74) is 12.6. The first-order valence-electron chi connectivity index (χ1n) is 8.91. The predicted molar refractivity (Wildman–Crippen MR) is 110 cm³/mol. The molecule has 2 aromatic carbocycles. The molecule has 4 rings (SSSR count). The molecule has 0 aromatic heterocycles. The Bertz CT molecular complexity index is 933. The first-order valence-corrected chi connectivity index (χ1v) is 10.3. The zero-order valence-corrected chi connectivity index (χ0v) is 16.6. The van der Waals surface area contributed by atoms with Crippen LogP contribution in [0, 0.1) is 12.8 Å². The SMILES string of the molecule is Cc1ccccc1C1c2ccc(N)cc2[SiH2]C2=CC(=[N+](C)C)C=CC21. The summed E-state index contributed by atoms with van der Waals surface area (Å²) in [5, 5.41) is 3.13. The van der Waals surface area contributed by atoms with Crippen molar-refractivity contribution in [2.24, 2.45) is 5.92 Å². The molecule has 1 aliphatic heterocycles. The minimum Gasteiger partial charge on any atom is -0.399 e. The van der Waals surface area contributed by atoms with Crippen LogP contribution in [0.2, 0.25) is 0 Å². The van der Waals surface area contributed by atoms with Gasteiger partial charge in [0.05, 0.1) is 9.52 Å². The van der Waals surface area contributed by atoms with Crippen LogP contribution in [0.25, 0.3) is 0 Å². The van der Waals surface area contributed by atoms with Gasteiger partial charge in [0.25, 0.3) is 0 Å². The second-order valence-electron chi connectivity index (χ2n) is 7.39. The van der Waals surface area contributed by atoms with Gasteiger partial charge in [0.1, 0.15) is 14.1 Å². The highest BCUT2D eigenvalue weighted by atomic mass is 28.2. The van der Waals surface area contributed by atoms with Gasteiger partial charge in [0.15, 0.2) is 5.71 Å². The second-order valence-corrected chi connectivity index (χ2v) is 9.32. The highest BCUT2D eigenvalue weighted by Crippen LogP contribution is 2.41. The van der Waals surface area contributed by atoms with Crippen molar-refractivity contribution in [1.29, 1.82) is 0 Å². The van der Waals surface area contributed by atoms with Crippen molar-refractivity contribution in [3.63, 3.8) is 0 Å². The maximum Gasteiger partial charge on any atom is 0.198 e. The van der Waals surface area contributed by atoms with Crippen LogP contribution in [-0.4, -0.2) is 33.9 Å². The van der Waals surface area contributed by atoms with Crippen molar-refractivity contribution in [3.05, 3.63) is 82.6 Å². The third-order valence-corrected chi connectivity index (χ3v) is 7.61. The minimum atomic E-state index is -0.488. The molecular weight excluding hydrogens is 320 g/mol. The summed E-state index contributed by atoms with van der Waals surface area (Å²) in [6, 6.07) is 15.4. The number of rotatable bonds is 1. The van der Waals surface area contributed by atoms with Crippen LogP contribution in [0.15, 0.2) is 65.9 Å². The number of aryl methyl sites for hydroxylation is 1. The first-order chi connectivity index (χ1) is 12.0. The van der Waals surface area contributed by atoms with Crippen LogP contribution in [0.4, 0.5) is 5.69 Å². The molecule has 2 N–H and O–H groups in total. The number of nitrogens with zero attached hydrogens (tertiary/aromatic N) is 1. The molecule has 2 aliphatic rings. The standard InChI is InChI=1S/C22H25N2Si/c1-14-6-4-5-7-17(14)22-18-10-8-15(23)12-20(18)25-21-13-16(24(2)3)9-11-19(21)22/h4-13,19,22H,23,25H2,1-3H3/q+1. The van der Waals surface area contributed by atoms with Crippen LogP contribution in [0.1, 0.15) is 22.6 Å². The molecule has 0 radical (unpaired) electrons. The smallest absolute Gasteiger partial charge is 0.198 e. The molecule has 2 unspecified atom stereocenters. The van der Waals surface area contributed by atoms with E-state index in [1.807, 2.05) is 0 Å². The molecule has 0 saturated carbocycles.